The lowest BCUT2D eigenvalue weighted by Crippen LogP contribution is -2.44. The lowest BCUT2D eigenvalue weighted by Gasteiger charge is -2.25. The topological polar surface area (TPSA) is 58.6 Å². The summed E-state index contributed by atoms with van der Waals surface area (Å²) in [6.07, 6.45) is -0.705. The maximum atomic E-state index is 12.3. The molecule has 5 heteroatoms. The third-order valence-electron chi connectivity index (χ3n) is 3.39. The lowest BCUT2D eigenvalue weighted by molar-refractivity contribution is -0.126. The number of amides is 1. The van der Waals surface area contributed by atoms with E-state index in [4.69, 9.17) is 16.3 Å². The summed E-state index contributed by atoms with van der Waals surface area (Å²) in [5.74, 6) is 0.281. The number of rotatable bonds is 8. The Morgan fingerprint density at radius 1 is 1.27 bits per heavy atom. The highest BCUT2D eigenvalue weighted by Crippen LogP contribution is 2.24. The van der Waals surface area contributed by atoms with E-state index in [0.717, 1.165) is 5.56 Å². The minimum Gasteiger partial charge on any atom is -0.389 e. The quantitative estimate of drug-likeness (QED) is 0.772. The predicted octanol–water partition coefficient (Wildman–Crippen LogP) is 2.77. The average Bonchev–Trinajstić information content (AvgIpc) is 2.44. The second-order valence-corrected chi connectivity index (χ2v) is 6.86. The minimum absolute atomic E-state index is 0.141. The molecule has 0 aliphatic carbocycles. The van der Waals surface area contributed by atoms with Crippen molar-refractivity contribution in [2.45, 2.75) is 39.2 Å². The smallest absolute Gasteiger partial charge is 0.230 e. The van der Waals surface area contributed by atoms with E-state index < -0.39 is 11.5 Å². The van der Waals surface area contributed by atoms with Crippen molar-refractivity contribution < 1.29 is 14.6 Å². The second kappa shape index (κ2) is 8.51. The van der Waals surface area contributed by atoms with Gasteiger partial charge in [-0.05, 0) is 37.5 Å². The van der Waals surface area contributed by atoms with Gasteiger partial charge in [0.15, 0.2) is 0 Å². The van der Waals surface area contributed by atoms with Gasteiger partial charge in [0.05, 0.1) is 18.1 Å². The van der Waals surface area contributed by atoms with Crippen LogP contribution in [0.3, 0.4) is 0 Å². The molecule has 1 rings (SSSR count). The Labute approximate surface area is 137 Å². The summed E-state index contributed by atoms with van der Waals surface area (Å²) in [6.45, 7) is 8.76. The Hall–Kier alpha value is -1.10. The SMILES string of the molecule is CC(C)COCC(O)CNC(=O)C(C)(C)c1ccc(Cl)cc1. The van der Waals surface area contributed by atoms with Gasteiger partial charge in [0.25, 0.3) is 0 Å². The van der Waals surface area contributed by atoms with Gasteiger partial charge in [-0.1, -0.05) is 37.6 Å². The van der Waals surface area contributed by atoms with Crippen molar-refractivity contribution in [2.75, 3.05) is 19.8 Å². The summed E-state index contributed by atoms with van der Waals surface area (Å²) in [7, 11) is 0. The fourth-order valence-corrected chi connectivity index (χ4v) is 2.05. The number of aliphatic hydroxyl groups is 1. The number of carbonyl (C=O) groups is 1. The molecule has 1 aromatic carbocycles. The molecule has 0 aliphatic rings. The molecule has 1 aromatic rings. The normalized spacial score (nSPS) is 13.2. The number of halogens is 1. The number of ether oxygens (including phenoxy) is 1. The first kappa shape index (κ1) is 18.9. The first-order chi connectivity index (χ1) is 10.2. The van der Waals surface area contributed by atoms with E-state index in [1.54, 1.807) is 12.1 Å². The zero-order valence-corrected chi connectivity index (χ0v) is 14.5. The van der Waals surface area contributed by atoms with Crippen LogP contribution < -0.4 is 5.32 Å². The van der Waals surface area contributed by atoms with Gasteiger partial charge in [-0.2, -0.15) is 0 Å². The lowest BCUT2D eigenvalue weighted by atomic mass is 9.84. The average molecular weight is 328 g/mol. The number of aliphatic hydroxyl groups excluding tert-OH is 1. The highest BCUT2D eigenvalue weighted by molar-refractivity contribution is 6.30. The largest absolute Gasteiger partial charge is 0.389 e. The van der Waals surface area contributed by atoms with Crippen molar-refractivity contribution in [2.24, 2.45) is 5.92 Å². The van der Waals surface area contributed by atoms with E-state index in [0.29, 0.717) is 17.5 Å². The van der Waals surface area contributed by atoms with Gasteiger partial charge < -0.3 is 15.2 Å². The Morgan fingerprint density at radius 2 is 1.86 bits per heavy atom. The molecule has 0 aliphatic heterocycles. The molecule has 0 saturated heterocycles. The van der Waals surface area contributed by atoms with E-state index >= 15 is 0 Å². The molecule has 22 heavy (non-hydrogen) atoms. The first-order valence-electron chi connectivity index (χ1n) is 7.53. The number of hydrogen-bond acceptors (Lipinski definition) is 3. The van der Waals surface area contributed by atoms with Crippen molar-refractivity contribution in [1.29, 1.82) is 0 Å². The van der Waals surface area contributed by atoms with Gasteiger partial charge in [0, 0.05) is 18.2 Å². The second-order valence-electron chi connectivity index (χ2n) is 6.43. The highest BCUT2D eigenvalue weighted by Gasteiger charge is 2.29. The van der Waals surface area contributed by atoms with E-state index in [9.17, 15) is 9.90 Å². The predicted molar refractivity (Wildman–Crippen MR) is 89.2 cm³/mol. The zero-order chi connectivity index (χ0) is 16.8. The number of hydrogen-bond donors (Lipinski definition) is 2. The van der Waals surface area contributed by atoms with Gasteiger partial charge in [0.2, 0.25) is 5.91 Å². The van der Waals surface area contributed by atoms with Crippen LogP contribution in [0.5, 0.6) is 0 Å². The third-order valence-corrected chi connectivity index (χ3v) is 3.65. The van der Waals surface area contributed by atoms with Gasteiger partial charge >= 0.3 is 0 Å². The molecule has 0 heterocycles. The van der Waals surface area contributed by atoms with Crippen LogP contribution in [-0.2, 0) is 14.9 Å². The summed E-state index contributed by atoms with van der Waals surface area (Å²) in [4.78, 5) is 12.3. The summed E-state index contributed by atoms with van der Waals surface area (Å²) in [5, 5.41) is 13.2. The summed E-state index contributed by atoms with van der Waals surface area (Å²) < 4.78 is 5.36. The number of carbonyl (C=O) groups excluding carboxylic acids is 1. The van der Waals surface area contributed by atoms with Crippen molar-refractivity contribution in [3.63, 3.8) is 0 Å². The van der Waals surface area contributed by atoms with Crippen LogP contribution >= 0.6 is 11.6 Å². The standard InChI is InChI=1S/C17H26ClNO3/c1-12(2)10-22-11-15(20)9-19-16(21)17(3,4)13-5-7-14(18)8-6-13/h5-8,12,15,20H,9-11H2,1-4H3,(H,19,21). The third kappa shape index (κ3) is 5.95. The molecule has 0 fully saturated rings. The molecule has 0 aromatic heterocycles. The Bertz CT molecular complexity index is 471. The van der Waals surface area contributed by atoms with Gasteiger partial charge in [-0.15, -0.1) is 0 Å². The molecule has 0 saturated carbocycles. The molecule has 2 N–H and O–H groups in total. The molecule has 1 atom stereocenters. The van der Waals surface area contributed by atoms with Crippen LogP contribution in [0.2, 0.25) is 5.02 Å². The van der Waals surface area contributed by atoms with Crippen molar-refractivity contribution >= 4 is 17.5 Å². The number of nitrogens with one attached hydrogen (secondary N) is 1. The van der Waals surface area contributed by atoms with E-state index in [2.05, 4.69) is 5.32 Å². The molecule has 1 amide bonds. The molecule has 0 radical (unpaired) electrons. The van der Waals surface area contributed by atoms with Crippen LogP contribution in [0.4, 0.5) is 0 Å². The molecule has 4 nitrogen and oxygen atoms in total. The molecule has 124 valence electrons. The summed E-state index contributed by atoms with van der Waals surface area (Å²) in [6, 6.07) is 7.20. The van der Waals surface area contributed by atoms with Crippen LogP contribution in [0, 0.1) is 5.92 Å². The molecular weight excluding hydrogens is 302 g/mol. The van der Waals surface area contributed by atoms with Crippen molar-refractivity contribution in [3.8, 4) is 0 Å². The Morgan fingerprint density at radius 3 is 2.41 bits per heavy atom. The zero-order valence-electron chi connectivity index (χ0n) is 13.7. The molecule has 0 spiro atoms. The van der Waals surface area contributed by atoms with Crippen LogP contribution in [-0.4, -0.2) is 36.9 Å². The molecule has 1 unspecified atom stereocenters. The van der Waals surface area contributed by atoms with Crippen LogP contribution in [0.25, 0.3) is 0 Å². The van der Waals surface area contributed by atoms with E-state index in [1.807, 2.05) is 39.8 Å². The molecule has 0 bridgehead atoms. The van der Waals surface area contributed by atoms with Crippen molar-refractivity contribution in [1.82, 2.24) is 5.32 Å². The maximum Gasteiger partial charge on any atom is 0.230 e. The van der Waals surface area contributed by atoms with E-state index in [1.165, 1.54) is 0 Å². The van der Waals surface area contributed by atoms with Crippen LogP contribution in [0.1, 0.15) is 33.3 Å². The summed E-state index contributed by atoms with van der Waals surface area (Å²) >= 11 is 5.87. The highest BCUT2D eigenvalue weighted by atomic mass is 35.5. The summed E-state index contributed by atoms with van der Waals surface area (Å²) in [5.41, 5.74) is 0.184. The van der Waals surface area contributed by atoms with E-state index in [-0.39, 0.29) is 19.1 Å². The fraction of sp³-hybridized carbons (Fsp3) is 0.588. The Kier molecular flexibility index (Phi) is 7.33. The van der Waals surface area contributed by atoms with Gasteiger partial charge in [-0.3, -0.25) is 4.79 Å². The van der Waals surface area contributed by atoms with Crippen molar-refractivity contribution in [3.05, 3.63) is 34.9 Å². The Balaban J connectivity index is 2.48. The monoisotopic (exact) mass is 327 g/mol. The van der Waals surface area contributed by atoms with Gasteiger partial charge in [0.1, 0.15) is 0 Å². The molecular formula is C17H26ClNO3. The minimum atomic E-state index is -0.705. The number of benzene rings is 1. The maximum absolute atomic E-state index is 12.3. The van der Waals surface area contributed by atoms with Crippen LogP contribution in [0.15, 0.2) is 24.3 Å². The van der Waals surface area contributed by atoms with Gasteiger partial charge in [-0.25, -0.2) is 0 Å². The first-order valence-corrected chi connectivity index (χ1v) is 7.91. The fourth-order valence-electron chi connectivity index (χ4n) is 1.93.